The lowest BCUT2D eigenvalue weighted by atomic mass is 10.1. The molecule has 2 rings (SSSR count). The molecular weight excluding hydrogens is 226 g/mol. The molecule has 1 heterocycles. The van der Waals surface area contributed by atoms with Gasteiger partial charge in [0, 0.05) is 37.9 Å². The Bertz CT molecular complexity index is 411. The standard InChI is InChI=1S/C14H21N3O/c1-17(2)13-7-3-5-12(9-13)16-14(18)10-11-6-4-8-15-11/h3,5,7,9,11,15H,4,6,8,10H2,1-2H3,(H,16,18). The Kier molecular flexibility index (Phi) is 4.20. The van der Waals surface area contributed by atoms with Crippen LogP contribution in [0.5, 0.6) is 0 Å². The van der Waals surface area contributed by atoms with Gasteiger partial charge in [-0.3, -0.25) is 4.79 Å². The molecule has 1 saturated heterocycles. The molecule has 0 aliphatic carbocycles. The van der Waals surface area contributed by atoms with Gasteiger partial charge in [0.1, 0.15) is 0 Å². The van der Waals surface area contributed by atoms with E-state index >= 15 is 0 Å². The molecule has 0 bridgehead atoms. The van der Waals surface area contributed by atoms with Crippen molar-refractivity contribution in [3.05, 3.63) is 24.3 Å². The van der Waals surface area contributed by atoms with Crippen LogP contribution in [0.4, 0.5) is 11.4 Å². The molecule has 4 nitrogen and oxygen atoms in total. The van der Waals surface area contributed by atoms with E-state index in [1.165, 1.54) is 6.42 Å². The van der Waals surface area contributed by atoms with Crippen LogP contribution in [-0.4, -0.2) is 32.6 Å². The van der Waals surface area contributed by atoms with E-state index in [1.54, 1.807) is 0 Å². The third-order valence-corrected chi connectivity index (χ3v) is 3.24. The second-order valence-corrected chi connectivity index (χ2v) is 4.99. The molecule has 1 atom stereocenters. The molecule has 98 valence electrons. The normalized spacial score (nSPS) is 18.7. The molecule has 1 unspecified atom stereocenters. The van der Waals surface area contributed by atoms with E-state index in [9.17, 15) is 4.79 Å². The number of amides is 1. The number of carbonyl (C=O) groups is 1. The fourth-order valence-electron chi connectivity index (χ4n) is 2.23. The Morgan fingerprint density at radius 2 is 2.33 bits per heavy atom. The zero-order valence-corrected chi connectivity index (χ0v) is 11.1. The first kappa shape index (κ1) is 12.9. The van der Waals surface area contributed by atoms with Crippen LogP contribution in [-0.2, 0) is 4.79 Å². The summed E-state index contributed by atoms with van der Waals surface area (Å²) in [6.07, 6.45) is 2.84. The summed E-state index contributed by atoms with van der Waals surface area (Å²) in [5.74, 6) is 0.0882. The number of benzene rings is 1. The Hall–Kier alpha value is -1.55. The Balaban J connectivity index is 1.91. The van der Waals surface area contributed by atoms with Gasteiger partial charge in [0.05, 0.1) is 0 Å². The largest absolute Gasteiger partial charge is 0.378 e. The summed E-state index contributed by atoms with van der Waals surface area (Å²) in [6, 6.07) is 8.24. The third kappa shape index (κ3) is 3.47. The summed E-state index contributed by atoms with van der Waals surface area (Å²) < 4.78 is 0. The topological polar surface area (TPSA) is 44.4 Å². The fraction of sp³-hybridized carbons (Fsp3) is 0.500. The van der Waals surface area contributed by atoms with Crippen molar-refractivity contribution in [2.24, 2.45) is 0 Å². The third-order valence-electron chi connectivity index (χ3n) is 3.24. The van der Waals surface area contributed by atoms with E-state index < -0.39 is 0 Å². The van der Waals surface area contributed by atoms with Gasteiger partial charge in [0.2, 0.25) is 5.91 Å². The van der Waals surface area contributed by atoms with E-state index in [4.69, 9.17) is 0 Å². The molecule has 1 fully saturated rings. The molecule has 1 aromatic rings. The average molecular weight is 247 g/mol. The van der Waals surface area contributed by atoms with Gasteiger partial charge in [0.25, 0.3) is 0 Å². The molecule has 2 N–H and O–H groups in total. The van der Waals surface area contributed by atoms with Gasteiger partial charge >= 0.3 is 0 Å². The number of nitrogens with one attached hydrogen (secondary N) is 2. The average Bonchev–Trinajstić information content (AvgIpc) is 2.82. The van der Waals surface area contributed by atoms with E-state index in [2.05, 4.69) is 10.6 Å². The van der Waals surface area contributed by atoms with Crippen molar-refractivity contribution in [1.82, 2.24) is 5.32 Å². The van der Waals surface area contributed by atoms with E-state index in [0.29, 0.717) is 12.5 Å². The zero-order valence-electron chi connectivity index (χ0n) is 11.1. The predicted molar refractivity (Wildman–Crippen MR) is 75.0 cm³/mol. The molecule has 1 aliphatic heterocycles. The minimum absolute atomic E-state index is 0.0882. The van der Waals surface area contributed by atoms with Gasteiger partial charge < -0.3 is 15.5 Å². The maximum atomic E-state index is 11.9. The van der Waals surface area contributed by atoms with Gasteiger partial charge in [-0.05, 0) is 37.6 Å². The van der Waals surface area contributed by atoms with Crippen molar-refractivity contribution in [2.75, 3.05) is 30.9 Å². The summed E-state index contributed by atoms with van der Waals surface area (Å²) in [5.41, 5.74) is 1.95. The number of hydrogen-bond acceptors (Lipinski definition) is 3. The van der Waals surface area contributed by atoms with Crippen LogP contribution in [0.3, 0.4) is 0 Å². The lowest BCUT2D eigenvalue weighted by Gasteiger charge is -2.15. The van der Waals surface area contributed by atoms with Crippen LogP contribution >= 0.6 is 0 Å². The highest BCUT2D eigenvalue weighted by molar-refractivity contribution is 5.91. The van der Waals surface area contributed by atoms with Crippen LogP contribution < -0.4 is 15.5 Å². The van der Waals surface area contributed by atoms with Gasteiger partial charge in [-0.1, -0.05) is 6.07 Å². The highest BCUT2D eigenvalue weighted by atomic mass is 16.1. The first-order valence-electron chi connectivity index (χ1n) is 6.46. The van der Waals surface area contributed by atoms with Crippen LogP contribution in [0.1, 0.15) is 19.3 Å². The predicted octanol–water partition coefficient (Wildman–Crippen LogP) is 1.83. The molecule has 18 heavy (non-hydrogen) atoms. The molecule has 0 aromatic heterocycles. The van der Waals surface area contributed by atoms with Crippen molar-refractivity contribution >= 4 is 17.3 Å². The van der Waals surface area contributed by atoms with Crippen LogP contribution in [0.25, 0.3) is 0 Å². The lowest BCUT2D eigenvalue weighted by molar-refractivity contribution is -0.116. The number of nitrogens with zero attached hydrogens (tertiary/aromatic N) is 1. The number of carbonyl (C=O) groups excluding carboxylic acids is 1. The number of rotatable bonds is 4. The maximum absolute atomic E-state index is 11.9. The first-order chi connectivity index (χ1) is 8.65. The highest BCUT2D eigenvalue weighted by Crippen LogP contribution is 2.18. The van der Waals surface area contributed by atoms with Crippen molar-refractivity contribution in [2.45, 2.75) is 25.3 Å². The van der Waals surface area contributed by atoms with Crippen molar-refractivity contribution in [3.8, 4) is 0 Å². The van der Waals surface area contributed by atoms with Gasteiger partial charge in [0.15, 0.2) is 0 Å². The Morgan fingerprint density at radius 1 is 1.50 bits per heavy atom. The summed E-state index contributed by atoms with van der Waals surface area (Å²) in [4.78, 5) is 13.9. The summed E-state index contributed by atoms with van der Waals surface area (Å²) >= 11 is 0. The molecule has 1 aliphatic rings. The van der Waals surface area contributed by atoms with Crippen LogP contribution in [0, 0.1) is 0 Å². The van der Waals surface area contributed by atoms with Crippen LogP contribution in [0.15, 0.2) is 24.3 Å². The summed E-state index contributed by atoms with van der Waals surface area (Å²) in [6.45, 7) is 1.04. The van der Waals surface area contributed by atoms with Gasteiger partial charge in [-0.2, -0.15) is 0 Å². The monoisotopic (exact) mass is 247 g/mol. The fourth-order valence-corrected chi connectivity index (χ4v) is 2.23. The highest BCUT2D eigenvalue weighted by Gasteiger charge is 2.17. The molecule has 0 saturated carbocycles. The van der Waals surface area contributed by atoms with E-state index in [0.717, 1.165) is 24.3 Å². The first-order valence-corrected chi connectivity index (χ1v) is 6.46. The number of anilines is 2. The minimum Gasteiger partial charge on any atom is -0.378 e. The molecule has 1 amide bonds. The lowest BCUT2D eigenvalue weighted by Crippen LogP contribution is -2.27. The van der Waals surface area contributed by atoms with Crippen molar-refractivity contribution < 1.29 is 4.79 Å². The molecule has 0 spiro atoms. The minimum atomic E-state index is 0.0882. The second kappa shape index (κ2) is 5.87. The zero-order chi connectivity index (χ0) is 13.0. The van der Waals surface area contributed by atoms with Crippen LogP contribution in [0.2, 0.25) is 0 Å². The number of hydrogen-bond donors (Lipinski definition) is 2. The Labute approximate surface area is 108 Å². The van der Waals surface area contributed by atoms with Crippen molar-refractivity contribution in [1.29, 1.82) is 0 Å². The second-order valence-electron chi connectivity index (χ2n) is 4.99. The quantitative estimate of drug-likeness (QED) is 0.853. The van der Waals surface area contributed by atoms with Gasteiger partial charge in [-0.25, -0.2) is 0 Å². The Morgan fingerprint density at radius 3 is 3.00 bits per heavy atom. The SMILES string of the molecule is CN(C)c1cccc(NC(=O)CC2CCCN2)c1. The van der Waals surface area contributed by atoms with E-state index in [-0.39, 0.29) is 5.91 Å². The molecule has 4 heteroatoms. The maximum Gasteiger partial charge on any atom is 0.225 e. The molecular formula is C14H21N3O. The summed E-state index contributed by atoms with van der Waals surface area (Å²) in [7, 11) is 3.98. The molecule has 0 radical (unpaired) electrons. The van der Waals surface area contributed by atoms with Gasteiger partial charge in [-0.15, -0.1) is 0 Å². The smallest absolute Gasteiger partial charge is 0.225 e. The molecule has 1 aromatic carbocycles. The van der Waals surface area contributed by atoms with Crippen molar-refractivity contribution in [3.63, 3.8) is 0 Å². The summed E-state index contributed by atoms with van der Waals surface area (Å²) in [5, 5.41) is 6.29. The van der Waals surface area contributed by atoms with E-state index in [1.807, 2.05) is 43.3 Å².